The molecule has 1 heterocycles. The van der Waals surface area contributed by atoms with Crippen LogP contribution in [0.5, 0.6) is 0 Å². The molecule has 0 unspecified atom stereocenters. The molecule has 19 heavy (non-hydrogen) atoms. The van der Waals surface area contributed by atoms with E-state index in [0.717, 1.165) is 4.47 Å². The summed E-state index contributed by atoms with van der Waals surface area (Å²) in [5.74, 6) is 0.891. The molecule has 0 aliphatic carbocycles. The second-order valence-corrected chi connectivity index (χ2v) is 4.89. The molecule has 2 N–H and O–H groups in total. The Morgan fingerprint density at radius 1 is 1.42 bits per heavy atom. The summed E-state index contributed by atoms with van der Waals surface area (Å²) in [4.78, 5) is 8.19. The van der Waals surface area contributed by atoms with Gasteiger partial charge in [-0.2, -0.15) is 10.2 Å². The molecule has 96 valence electrons. The average Bonchev–Trinajstić information content (AvgIpc) is 2.43. The predicted octanol–water partition coefficient (Wildman–Crippen LogP) is 3.55. The van der Waals surface area contributed by atoms with Gasteiger partial charge in [0.25, 0.3) is 0 Å². The lowest BCUT2D eigenvalue weighted by atomic mass is 10.2. The number of hydrogen-bond donors (Lipinski definition) is 2. The number of hydrogen-bond acceptors (Lipinski definition) is 5. The molecule has 0 amide bonds. The van der Waals surface area contributed by atoms with Crippen LogP contribution in [0.25, 0.3) is 0 Å². The lowest BCUT2D eigenvalue weighted by Crippen LogP contribution is -2.02. The van der Waals surface area contributed by atoms with E-state index in [2.05, 4.69) is 42.6 Å². The van der Waals surface area contributed by atoms with Crippen LogP contribution in [0.15, 0.2) is 28.9 Å². The van der Waals surface area contributed by atoms with E-state index in [4.69, 9.17) is 16.9 Å². The molecule has 1 aromatic carbocycles. The summed E-state index contributed by atoms with van der Waals surface area (Å²) in [6, 6.07) is 7.44. The van der Waals surface area contributed by atoms with Crippen molar-refractivity contribution in [2.24, 2.45) is 0 Å². The van der Waals surface area contributed by atoms with E-state index in [-0.39, 0.29) is 0 Å². The third-order valence-electron chi connectivity index (χ3n) is 2.32. The van der Waals surface area contributed by atoms with Gasteiger partial charge in [0.1, 0.15) is 11.1 Å². The maximum Gasteiger partial charge on any atom is 0.224 e. The van der Waals surface area contributed by atoms with Crippen LogP contribution in [0.3, 0.4) is 0 Å². The number of nitrogens with zero attached hydrogens (tertiary/aromatic N) is 3. The molecule has 0 aliphatic rings. The number of nitriles is 1. The Balaban J connectivity index is 2.39. The van der Waals surface area contributed by atoms with E-state index >= 15 is 0 Å². The van der Waals surface area contributed by atoms with Crippen LogP contribution in [-0.4, -0.2) is 17.0 Å². The van der Waals surface area contributed by atoms with Crippen molar-refractivity contribution in [3.63, 3.8) is 0 Å². The summed E-state index contributed by atoms with van der Waals surface area (Å²) < 4.78 is 0.833. The molecule has 1 aromatic heterocycles. The lowest BCUT2D eigenvalue weighted by Gasteiger charge is -2.10. The van der Waals surface area contributed by atoms with E-state index in [1.807, 2.05) is 6.07 Å². The molecule has 0 saturated heterocycles. The Bertz CT molecular complexity index is 653. The number of benzene rings is 1. The van der Waals surface area contributed by atoms with Gasteiger partial charge in [-0.25, -0.2) is 4.98 Å². The first-order valence-electron chi connectivity index (χ1n) is 5.31. The van der Waals surface area contributed by atoms with Crippen molar-refractivity contribution < 1.29 is 0 Å². The number of halogens is 2. The summed E-state index contributed by atoms with van der Waals surface area (Å²) in [7, 11) is 1.72. The maximum absolute atomic E-state index is 9.10. The number of anilines is 3. The van der Waals surface area contributed by atoms with Crippen molar-refractivity contribution in [2.75, 3.05) is 17.7 Å². The van der Waals surface area contributed by atoms with E-state index in [1.165, 1.54) is 6.20 Å². The van der Waals surface area contributed by atoms with E-state index < -0.39 is 0 Å². The van der Waals surface area contributed by atoms with Crippen molar-refractivity contribution in [3.05, 3.63) is 39.5 Å². The average molecular weight is 339 g/mol. The Kier molecular flexibility index (Phi) is 4.20. The van der Waals surface area contributed by atoms with Crippen LogP contribution in [0, 0.1) is 11.3 Å². The molecule has 5 nitrogen and oxygen atoms in total. The SMILES string of the molecule is CNc1ncc(Cl)c(Nc2ccc(Br)cc2C#N)n1. The highest BCUT2D eigenvalue weighted by Gasteiger charge is 2.08. The fourth-order valence-electron chi connectivity index (χ4n) is 1.42. The fraction of sp³-hybridized carbons (Fsp3) is 0.0833. The summed E-state index contributed by atoms with van der Waals surface area (Å²) in [5, 5.41) is 15.3. The van der Waals surface area contributed by atoms with Gasteiger partial charge in [0.15, 0.2) is 5.82 Å². The Labute approximate surface area is 123 Å². The Morgan fingerprint density at radius 3 is 2.89 bits per heavy atom. The molecule has 2 aromatic rings. The van der Waals surface area contributed by atoms with Gasteiger partial charge < -0.3 is 10.6 Å². The van der Waals surface area contributed by atoms with Gasteiger partial charge in [0, 0.05) is 11.5 Å². The zero-order chi connectivity index (χ0) is 13.8. The second-order valence-electron chi connectivity index (χ2n) is 3.57. The van der Waals surface area contributed by atoms with E-state index in [0.29, 0.717) is 28.0 Å². The fourth-order valence-corrected chi connectivity index (χ4v) is 1.92. The zero-order valence-electron chi connectivity index (χ0n) is 9.91. The summed E-state index contributed by atoms with van der Waals surface area (Å²) in [6.07, 6.45) is 1.49. The van der Waals surface area contributed by atoms with E-state index in [1.54, 1.807) is 19.2 Å². The van der Waals surface area contributed by atoms with Gasteiger partial charge in [0.2, 0.25) is 5.95 Å². The number of rotatable bonds is 3. The van der Waals surface area contributed by atoms with E-state index in [9.17, 15) is 0 Å². The quantitative estimate of drug-likeness (QED) is 0.895. The monoisotopic (exact) mass is 337 g/mol. The third-order valence-corrected chi connectivity index (χ3v) is 3.09. The molecule has 7 heteroatoms. The lowest BCUT2D eigenvalue weighted by molar-refractivity contribution is 1.15. The van der Waals surface area contributed by atoms with Gasteiger partial charge >= 0.3 is 0 Å². The summed E-state index contributed by atoms with van der Waals surface area (Å²) >= 11 is 9.34. The molecule has 0 bridgehead atoms. The molecule has 0 atom stereocenters. The largest absolute Gasteiger partial charge is 0.357 e. The first-order valence-corrected chi connectivity index (χ1v) is 6.48. The molecule has 0 saturated carbocycles. The highest BCUT2D eigenvalue weighted by Crippen LogP contribution is 2.27. The topological polar surface area (TPSA) is 73.6 Å². The molecule has 0 radical (unpaired) electrons. The van der Waals surface area contributed by atoms with Crippen LogP contribution in [0.2, 0.25) is 5.02 Å². The third kappa shape index (κ3) is 3.13. The van der Waals surface area contributed by atoms with Gasteiger partial charge in [-0.3, -0.25) is 0 Å². The Hall–Kier alpha value is -1.84. The van der Waals surface area contributed by atoms with Crippen LogP contribution >= 0.6 is 27.5 Å². The number of nitrogens with one attached hydrogen (secondary N) is 2. The highest BCUT2D eigenvalue weighted by atomic mass is 79.9. The van der Waals surface area contributed by atoms with Crippen LogP contribution in [0.4, 0.5) is 17.5 Å². The standard InChI is InChI=1S/C12H9BrClN5/c1-16-12-17-6-9(14)11(19-12)18-10-3-2-8(13)4-7(10)5-15/h2-4,6H,1H3,(H2,16,17,18,19). The van der Waals surface area contributed by atoms with Gasteiger partial charge in [-0.1, -0.05) is 27.5 Å². The van der Waals surface area contributed by atoms with Crippen molar-refractivity contribution >= 4 is 45.0 Å². The summed E-state index contributed by atoms with van der Waals surface area (Å²) in [5.41, 5.74) is 1.13. The minimum Gasteiger partial charge on any atom is -0.357 e. The van der Waals surface area contributed by atoms with Crippen LogP contribution in [0.1, 0.15) is 5.56 Å². The van der Waals surface area contributed by atoms with Gasteiger partial charge in [0.05, 0.1) is 17.4 Å². The minimum absolute atomic E-state index is 0.380. The minimum atomic E-state index is 0.380. The first-order chi connectivity index (χ1) is 9.13. The maximum atomic E-state index is 9.10. The van der Waals surface area contributed by atoms with Crippen molar-refractivity contribution in [1.82, 2.24) is 9.97 Å². The molecule has 0 spiro atoms. The predicted molar refractivity (Wildman–Crippen MR) is 78.7 cm³/mol. The van der Waals surface area contributed by atoms with Crippen molar-refractivity contribution in [3.8, 4) is 6.07 Å². The Morgan fingerprint density at radius 2 is 2.21 bits per heavy atom. The molecular formula is C12H9BrClN5. The second kappa shape index (κ2) is 5.87. The molecular weight excluding hydrogens is 330 g/mol. The highest BCUT2D eigenvalue weighted by molar-refractivity contribution is 9.10. The summed E-state index contributed by atoms with van der Waals surface area (Å²) in [6.45, 7) is 0. The first kappa shape index (κ1) is 13.6. The normalized spacial score (nSPS) is 9.79. The van der Waals surface area contributed by atoms with Crippen LogP contribution < -0.4 is 10.6 Å². The smallest absolute Gasteiger partial charge is 0.224 e. The van der Waals surface area contributed by atoms with Crippen molar-refractivity contribution in [2.45, 2.75) is 0 Å². The van der Waals surface area contributed by atoms with Gasteiger partial charge in [-0.15, -0.1) is 0 Å². The molecule has 0 aliphatic heterocycles. The van der Waals surface area contributed by atoms with Crippen LogP contribution in [-0.2, 0) is 0 Å². The number of aromatic nitrogens is 2. The van der Waals surface area contributed by atoms with Crippen molar-refractivity contribution in [1.29, 1.82) is 5.26 Å². The zero-order valence-corrected chi connectivity index (χ0v) is 12.2. The van der Waals surface area contributed by atoms with Gasteiger partial charge in [-0.05, 0) is 18.2 Å². The molecule has 0 fully saturated rings. The molecule has 2 rings (SSSR count).